The second kappa shape index (κ2) is 5.75. The minimum Gasteiger partial charge on any atom is -0.390 e. The van der Waals surface area contributed by atoms with E-state index in [-0.39, 0.29) is 0 Å². The maximum absolute atomic E-state index is 9.95. The molecule has 112 valence electrons. The van der Waals surface area contributed by atoms with Crippen LogP contribution in [-0.2, 0) is 6.54 Å². The van der Waals surface area contributed by atoms with E-state index in [0.29, 0.717) is 23.3 Å². The lowest BCUT2D eigenvalue weighted by molar-refractivity contribution is -0.00799. The summed E-state index contributed by atoms with van der Waals surface area (Å²) in [6, 6.07) is 7.41. The smallest absolute Gasteiger partial charge is 0.259 e. The van der Waals surface area contributed by atoms with E-state index < -0.39 is 5.60 Å². The highest BCUT2D eigenvalue weighted by atomic mass is 35.5. The molecule has 1 aliphatic heterocycles. The van der Waals surface area contributed by atoms with Crippen molar-refractivity contribution < 1.29 is 9.63 Å². The Hall–Kier alpha value is -1.43. The average Bonchev–Trinajstić information content (AvgIpc) is 2.90. The fourth-order valence-corrected chi connectivity index (χ4v) is 2.67. The third-order valence-corrected chi connectivity index (χ3v) is 4.20. The summed E-state index contributed by atoms with van der Waals surface area (Å²) in [6.07, 6.45) is 1.53. The topological polar surface area (TPSA) is 62.4 Å². The lowest BCUT2D eigenvalue weighted by Crippen LogP contribution is -2.42. The van der Waals surface area contributed by atoms with Crippen LogP contribution in [0.15, 0.2) is 28.8 Å². The Balaban J connectivity index is 1.68. The summed E-state index contributed by atoms with van der Waals surface area (Å²) in [7, 11) is 0. The summed E-state index contributed by atoms with van der Waals surface area (Å²) in [5, 5.41) is 14.6. The van der Waals surface area contributed by atoms with E-state index in [1.165, 1.54) is 0 Å². The number of nitrogens with zero attached hydrogens (tertiary/aromatic N) is 3. The molecule has 0 unspecified atom stereocenters. The van der Waals surface area contributed by atoms with E-state index in [1.807, 2.05) is 25.1 Å². The molecule has 0 amide bonds. The van der Waals surface area contributed by atoms with Crippen LogP contribution in [0.1, 0.15) is 25.6 Å². The van der Waals surface area contributed by atoms with E-state index in [9.17, 15) is 5.11 Å². The molecule has 0 aliphatic carbocycles. The number of benzene rings is 1. The van der Waals surface area contributed by atoms with Crippen LogP contribution in [0.4, 0.5) is 0 Å². The van der Waals surface area contributed by atoms with Gasteiger partial charge in [0.05, 0.1) is 22.7 Å². The molecular weight excluding hydrogens is 290 g/mol. The van der Waals surface area contributed by atoms with Crippen molar-refractivity contribution in [3.63, 3.8) is 0 Å². The van der Waals surface area contributed by atoms with Gasteiger partial charge in [-0.05, 0) is 31.9 Å². The molecule has 0 saturated carbocycles. The van der Waals surface area contributed by atoms with Crippen LogP contribution in [0.2, 0.25) is 5.02 Å². The molecule has 1 N–H and O–H groups in total. The number of rotatable bonds is 3. The van der Waals surface area contributed by atoms with Crippen molar-refractivity contribution >= 4 is 11.6 Å². The van der Waals surface area contributed by atoms with Crippen LogP contribution in [0, 0.1) is 0 Å². The van der Waals surface area contributed by atoms with Crippen LogP contribution >= 0.6 is 11.6 Å². The van der Waals surface area contributed by atoms with Gasteiger partial charge in [0.15, 0.2) is 5.82 Å². The molecule has 3 rings (SSSR count). The number of piperidine rings is 1. The fraction of sp³-hybridized carbons (Fsp3) is 0.467. The number of hydrogen-bond acceptors (Lipinski definition) is 5. The predicted octanol–water partition coefficient (Wildman–Crippen LogP) is 2.74. The zero-order valence-electron chi connectivity index (χ0n) is 11.9. The molecule has 1 aliphatic rings. The summed E-state index contributed by atoms with van der Waals surface area (Å²) in [4.78, 5) is 6.63. The first-order chi connectivity index (χ1) is 10.0. The van der Waals surface area contributed by atoms with Gasteiger partial charge in [-0.2, -0.15) is 4.98 Å². The van der Waals surface area contributed by atoms with Gasteiger partial charge in [0.1, 0.15) is 0 Å². The van der Waals surface area contributed by atoms with Crippen molar-refractivity contribution in [2.45, 2.75) is 31.9 Å². The standard InChI is InChI=1S/C15H18ClN3O2/c1-15(20)6-8-19(9-7-15)10-13-17-14(21-18-13)11-4-2-3-5-12(11)16/h2-5,20H,6-10H2,1H3. The van der Waals surface area contributed by atoms with Crippen molar-refractivity contribution in [1.29, 1.82) is 0 Å². The Morgan fingerprint density at radius 2 is 2.05 bits per heavy atom. The largest absolute Gasteiger partial charge is 0.390 e. The van der Waals surface area contributed by atoms with Crippen LogP contribution in [-0.4, -0.2) is 38.8 Å². The first kappa shape index (κ1) is 14.5. The molecule has 0 radical (unpaired) electrons. The average molecular weight is 308 g/mol. The number of aliphatic hydroxyl groups is 1. The summed E-state index contributed by atoms with van der Waals surface area (Å²) >= 11 is 6.13. The molecule has 21 heavy (non-hydrogen) atoms. The molecule has 2 heterocycles. The van der Waals surface area contributed by atoms with Crippen molar-refractivity contribution in [3.8, 4) is 11.5 Å². The van der Waals surface area contributed by atoms with Crippen LogP contribution in [0.3, 0.4) is 0 Å². The first-order valence-electron chi connectivity index (χ1n) is 7.06. The van der Waals surface area contributed by atoms with Crippen molar-refractivity contribution in [3.05, 3.63) is 35.1 Å². The maximum Gasteiger partial charge on any atom is 0.259 e. The van der Waals surface area contributed by atoms with E-state index in [0.717, 1.165) is 31.5 Å². The van der Waals surface area contributed by atoms with Crippen molar-refractivity contribution in [1.82, 2.24) is 15.0 Å². The molecule has 0 atom stereocenters. The van der Waals surface area contributed by atoms with Crippen molar-refractivity contribution in [2.24, 2.45) is 0 Å². The molecular formula is C15H18ClN3O2. The Morgan fingerprint density at radius 1 is 1.33 bits per heavy atom. The van der Waals surface area contributed by atoms with Gasteiger partial charge < -0.3 is 9.63 Å². The highest BCUT2D eigenvalue weighted by molar-refractivity contribution is 6.33. The summed E-state index contributed by atoms with van der Waals surface area (Å²) in [5.74, 6) is 1.09. The third kappa shape index (κ3) is 3.43. The Kier molecular flexibility index (Phi) is 3.97. The van der Waals surface area contributed by atoms with Crippen LogP contribution in [0.5, 0.6) is 0 Å². The van der Waals surface area contributed by atoms with Gasteiger partial charge in [0.2, 0.25) is 0 Å². The number of halogens is 1. The van der Waals surface area contributed by atoms with Crippen LogP contribution in [0.25, 0.3) is 11.5 Å². The minimum absolute atomic E-state index is 0.444. The van der Waals surface area contributed by atoms with E-state index >= 15 is 0 Å². The van der Waals surface area contributed by atoms with Gasteiger partial charge in [-0.3, -0.25) is 4.90 Å². The normalized spacial score (nSPS) is 18.8. The van der Waals surface area contributed by atoms with E-state index in [2.05, 4.69) is 15.0 Å². The quantitative estimate of drug-likeness (QED) is 0.944. The number of aromatic nitrogens is 2. The zero-order chi connectivity index (χ0) is 14.9. The molecule has 0 spiro atoms. The zero-order valence-corrected chi connectivity index (χ0v) is 12.7. The van der Waals surface area contributed by atoms with Gasteiger partial charge in [-0.15, -0.1) is 0 Å². The number of hydrogen-bond donors (Lipinski definition) is 1. The van der Waals surface area contributed by atoms with Gasteiger partial charge in [0.25, 0.3) is 5.89 Å². The van der Waals surface area contributed by atoms with Gasteiger partial charge in [-0.25, -0.2) is 0 Å². The first-order valence-corrected chi connectivity index (χ1v) is 7.43. The Labute approximate surface area is 128 Å². The second-order valence-corrected chi connectivity index (χ2v) is 6.18. The summed E-state index contributed by atoms with van der Waals surface area (Å²) in [6.45, 7) is 4.18. The molecule has 6 heteroatoms. The van der Waals surface area contributed by atoms with E-state index in [4.69, 9.17) is 16.1 Å². The molecule has 0 bridgehead atoms. The highest BCUT2D eigenvalue weighted by Gasteiger charge is 2.28. The lowest BCUT2D eigenvalue weighted by atomic mass is 9.94. The van der Waals surface area contributed by atoms with Gasteiger partial charge in [0, 0.05) is 13.1 Å². The van der Waals surface area contributed by atoms with Crippen molar-refractivity contribution in [2.75, 3.05) is 13.1 Å². The van der Waals surface area contributed by atoms with Crippen LogP contribution < -0.4 is 0 Å². The SMILES string of the molecule is CC1(O)CCN(Cc2noc(-c3ccccc3Cl)n2)CC1. The fourth-order valence-electron chi connectivity index (χ4n) is 2.46. The summed E-state index contributed by atoms with van der Waals surface area (Å²) in [5.41, 5.74) is 0.204. The molecule has 1 aromatic heterocycles. The van der Waals surface area contributed by atoms with Gasteiger partial charge in [-0.1, -0.05) is 28.9 Å². The molecule has 1 fully saturated rings. The lowest BCUT2D eigenvalue weighted by Gasteiger charge is -2.35. The summed E-state index contributed by atoms with van der Waals surface area (Å²) < 4.78 is 5.29. The highest BCUT2D eigenvalue weighted by Crippen LogP contribution is 2.26. The minimum atomic E-state index is -0.545. The predicted molar refractivity (Wildman–Crippen MR) is 79.9 cm³/mol. The van der Waals surface area contributed by atoms with E-state index in [1.54, 1.807) is 6.07 Å². The molecule has 1 aromatic carbocycles. The number of likely N-dealkylation sites (tertiary alicyclic amines) is 1. The monoisotopic (exact) mass is 307 g/mol. The Morgan fingerprint density at radius 3 is 2.76 bits per heavy atom. The maximum atomic E-state index is 9.95. The third-order valence-electron chi connectivity index (χ3n) is 3.87. The molecule has 5 nitrogen and oxygen atoms in total. The van der Waals surface area contributed by atoms with Gasteiger partial charge >= 0.3 is 0 Å². The second-order valence-electron chi connectivity index (χ2n) is 5.77. The molecule has 1 saturated heterocycles. The Bertz CT molecular complexity index is 617. The molecule has 2 aromatic rings.